The van der Waals surface area contributed by atoms with Crippen molar-refractivity contribution in [2.45, 2.75) is 32.9 Å². The summed E-state index contributed by atoms with van der Waals surface area (Å²) < 4.78 is 3.09. The predicted octanol–water partition coefficient (Wildman–Crippen LogP) is -0.189. The van der Waals surface area contributed by atoms with Gasteiger partial charge in [0.05, 0.1) is 6.20 Å². The van der Waals surface area contributed by atoms with E-state index in [4.69, 9.17) is 5.11 Å². The van der Waals surface area contributed by atoms with E-state index < -0.39 is 5.97 Å². The van der Waals surface area contributed by atoms with E-state index in [0.717, 1.165) is 19.4 Å². The minimum Gasteiger partial charge on any atom is -0.476 e. The number of hydrogen-bond acceptors (Lipinski definition) is 6. The number of rotatable bonds is 6. The number of aromatic carboxylic acids is 1. The average Bonchev–Trinajstić information content (AvgIpc) is 2.96. The molecule has 96 valence electrons. The van der Waals surface area contributed by atoms with Gasteiger partial charge in [0.2, 0.25) is 0 Å². The Morgan fingerprint density at radius 1 is 1.39 bits per heavy atom. The van der Waals surface area contributed by atoms with E-state index in [1.54, 1.807) is 4.68 Å². The summed E-state index contributed by atoms with van der Waals surface area (Å²) in [4.78, 5) is 10.7. The highest BCUT2D eigenvalue weighted by Crippen LogP contribution is 2.00. The van der Waals surface area contributed by atoms with Gasteiger partial charge in [-0.1, -0.05) is 18.6 Å². The maximum Gasteiger partial charge on any atom is 0.358 e. The topological polar surface area (TPSA) is 112 Å². The van der Waals surface area contributed by atoms with Crippen molar-refractivity contribution in [2.75, 3.05) is 0 Å². The van der Waals surface area contributed by atoms with E-state index in [1.807, 2.05) is 0 Å². The Bertz CT molecular complexity index is 533. The fraction of sp³-hybridized carbons (Fsp3) is 0.556. The molecule has 0 radical (unpaired) electrons. The van der Waals surface area contributed by atoms with Gasteiger partial charge in [0.25, 0.3) is 0 Å². The zero-order chi connectivity index (χ0) is 13.0. The summed E-state index contributed by atoms with van der Waals surface area (Å²) in [6, 6.07) is 0. The van der Waals surface area contributed by atoms with Gasteiger partial charge in [0.1, 0.15) is 6.54 Å². The Labute approximate surface area is 102 Å². The Morgan fingerprint density at radius 3 is 2.89 bits per heavy atom. The van der Waals surface area contributed by atoms with Crippen LogP contribution in [0, 0.1) is 0 Å². The number of carboxylic acids is 1. The molecule has 0 aliphatic heterocycles. The quantitative estimate of drug-likeness (QED) is 0.757. The molecule has 0 saturated heterocycles. The first kappa shape index (κ1) is 12.1. The third-order valence-electron chi connectivity index (χ3n) is 2.39. The normalized spacial score (nSPS) is 10.7. The van der Waals surface area contributed by atoms with Crippen molar-refractivity contribution in [1.29, 1.82) is 0 Å². The Balaban J connectivity index is 2.08. The van der Waals surface area contributed by atoms with Gasteiger partial charge in [-0.15, -0.1) is 10.2 Å². The van der Waals surface area contributed by atoms with Crippen molar-refractivity contribution in [1.82, 2.24) is 35.2 Å². The third kappa shape index (κ3) is 2.67. The van der Waals surface area contributed by atoms with Crippen LogP contribution in [0.2, 0.25) is 0 Å². The molecule has 2 aromatic rings. The van der Waals surface area contributed by atoms with Crippen LogP contribution in [0.15, 0.2) is 6.20 Å². The molecule has 9 heteroatoms. The van der Waals surface area contributed by atoms with Gasteiger partial charge in [-0.05, 0) is 16.8 Å². The Kier molecular flexibility index (Phi) is 3.60. The van der Waals surface area contributed by atoms with Crippen molar-refractivity contribution < 1.29 is 9.90 Å². The number of carbonyl (C=O) groups is 1. The predicted molar refractivity (Wildman–Crippen MR) is 58.8 cm³/mol. The summed E-state index contributed by atoms with van der Waals surface area (Å²) in [6.07, 6.45) is 3.38. The molecule has 0 amide bonds. The molecule has 0 saturated carbocycles. The summed E-state index contributed by atoms with van der Waals surface area (Å²) in [5, 5.41) is 27.3. The molecule has 0 aliphatic carbocycles. The monoisotopic (exact) mass is 251 g/mol. The Hall–Kier alpha value is -2.32. The molecule has 2 heterocycles. The molecule has 2 aromatic heterocycles. The van der Waals surface area contributed by atoms with Gasteiger partial charge in [-0.3, -0.25) is 0 Å². The highest BCUT2D eigenvalue weighted by Gasteiger charge is 2.11. The van der Waals surface area contributed by atoms with E-state index in [0.29, 0.717) is 12.4 Å². The third-order valence-corrected chi connectivity index (χ3v) is 2.39. The van der Waals surface area contributed by atoms with Crippen molar-refractivity contribution in [3.63, 3.8) is 0 Å². The second-order valence-electron chi connectivity index (χ2n) is 3.78. The van der Waals surface area contributed by atoms with E-state index in [2.05, 4.69) is 32.8 Å². The smallest absolute Gasteiger partial charge is 0.358 e. The van der Waals surface area contributed by atoms with Crippen molar-refractivity contribution >= 4 is 5.97 Å². The average molecular weight is 251 g/mol. The molecule has 0 fully saturated rings. The van der Waals surface area contributed by atoms with Crippen LogP contribution in [0.25, 0.3) is 0 Å². The first-order valence-electron chi connectivity index (χ1n) is 5.59. The molecule has 2 rings (SSSR count). The number of aryl methyl sites for hydroxylation is 1. The van der Waals surface area contributed by atoms with Crippen LogP contribution in [0.3, 0.4) is 0 Å². The molecule has 0 spiro atoms. The van der Waals surface area contributed by atoms with Gasteiger partial charge in [0.15, 0.2) is 11.5 Å². The number of nitrogens with zero attached hydrogens (tertiary/aromatic N) is 7. The van der Waals surface area contributed by atoms with Crippen LogP contribution in [-0.4, -0.2) is 46.3 Å². The number of hydrogen-bond donors (Lipinski definition) is 1. The number of unbranched alkanes of at least 4 members (excludes halogenated alkanes) is 1. The molecule has 9 nitrogen and oxygen atoms in total. The van der Waals surface area contributed by atoms with Crippen LogP contribution in [-0.2, 0) is 13.1 Å². The van der Waals surface area contributed by atoms with Gasteiger partial charge < -0.3 is 5.11 Å². The number of aromatic nitrogens is 7. The molecular weight excluding hydrogens is 238 g/mol. The number of carboxylic acid groups (broad SMARTS) is 1. The molecule has 18 heavy (non-hydrogen) atoms. The van der Waals surface area contributed by atoms with Gasteiger partial charge in [-0.25, -0.2) is 14.2 Å². The van der Waals surface area contributed by atoms with Crippen LogP contribution in [0.5, 0.6) is 0 Å². The zero-order valence-electron chi connectivity index (χ0n) is 9.89. The SMILES string of the molecule is CCCCn1nnnc1Cn1cc(C(=O)O)nn1. The minimum absolute atomic E-state index is 0.0948. The maximum atomic E-state index is 10.7. The van der Waals surface area contributed by atoms with Crippen LogP contribution < -0.4 is 0 Å². The van der Waals surface area contributed by atoms with E-state index in [9.17, 15) is 4.79 Å². The van der Waals surface area contributed by atoms with E-state index >= 15 is 0 Å². The highest BCUT2D eigenvalue weighted by atomic mass is 16.4. The Morgan fingerprint density at radius 2 is 2.22 bits per heavy atom. The summed E-state index contributed by atoms with van der Waals surface area (Å²) in [6.45, 7) is 3.12. The minimum atomic E-state index is -1.10. The summed E-state index contributed by atoms with van der Waals surface area (Å²) in [7, 11) is 0. The zero-order valence-corrected chi connectivity index (χ0v) is 9.89. The maximum absolute atomic E-state index is 10.7. The van der Waals surface area contributed by atoms with Crippen molar-refractivity contribution in [2.24, 2.45) is 0 Å². The van der Waals surface area contributed by atoms with Crippen LogP contribution >= 0.6 is 0 Å². The second kappa shape index (κ2) is 5.34. The summed E-state index contributed by atoms with van der Waals surface area (Å²) in [5.74, 6) is -0.475. The largest absolute Gasteiger partial charge is 0.476 e. The first-order chi connectivity index (χ1) is 8.70. The fourth-order valence-corrected chi connectivity index (χ4v) is 1.44. The lowest BCUT2D eigenvalue weighted by atomic mass is 10.3. The van der Waals surface area contributed by atoms with Gasteiger partial charge in [-0.2, -0.15) is 0 Å². The fourth-order valence-electron chi connectivity index (χ4n) is 1.44. The first-order valence-corrected chi connectivity index (χ1v) is 5.59. The summed E-state index contributed by atoms with van der Waals surface area (Å²) in [5.41, 5.74) is -0.0948. The standard InChI is InChI=1S/C9H13N7O2/c1-2-3-4-16-8(11-12-14-16)6-15-5-7(9(17)18)10-13-15/h5H,2-4,6H2,1H3,(H,17,18). The van der Waals surface area contributed by atoms with Crippen molar-refractivity contribution in [3.05, 3.63) is 17.7 Å². The lowest BCUT2D eigenvalue weighted by Crippen LogP contribution is -2.10. The van der Waals surface area contributed by atoms with Gasteiger partial charge in [0, 0.05) is 6.54 Å². The van der Waals surface area contributed by atoms with E-state index in [1.165, 1.54) is 10.9 Å². The molecular formula is C9H13N7O2. The lowest BCUT2D eigenvalue weighted by Gasteiger charge is -2.02. The highest BCUT2D eigenvalue weighted by molar-refractivity contribution is 5.84. The molecule has 0 bridgehead atoms. The molecule has 1 N–H and O–H groups in total. The molecule has 0 aromatic carbocycles. The van der Waals surface area contributed by atoms with Crippen LogP contribution in [0.1, 0.15) is 36.1 Å². The molecule has 0 aliphatic rings. The van der Waals surface area contributed by atoms with Crippen LogP contribution in [0.4, 0.5) is 0 Å². The van der Waals surface area contributed by atoms with Crippen molar-refractivity contribution in [3.8, 4) is 0 Å². The molecule has 0 unspecified atom stereocenters. The lowest BCUT2D eigenvalue weighted by molar-refractivity contribution is 0.0690. The summed E-state index contributed by atoms with van der Waals surface area (Å²) >= 11 is 0. The molecule has 0 atom stereocenters. The number of tetrazole rings is 1. The van der Waals surface area contributed by atoms with Gasteiger partial charge >= 0.3 is 5.97 Å². The second-order valence-corrected chi connectivity index (χ2v) is 3.78. The van der Waals surface area contributed by atoms with E-state index in [-0.39, 0.29) is 5.69 Å².